The number of hydrogen-bond donors (Lipinski definition) is 3. The summed E-state index contributed by atoms with van der Waals surface area (Å²) in [6, 6.07) is 18.3. The van der Waals surface area contributed by atoms with Gasteiger partial charge in [-0.3, -0.25) is 5.41 Å². The molecule has 1 aliphatic rings. The molecule has 0 aliphatic carbocycles. The third-order valence-electron chi connectivity index (χ3n) is 6.27. The van der Waals surface area contributed by atoms with Crippen LogP contribution in [0.5, 0.6) is 0 Å². The molecule has 3 aromatic carbocycles. The molecule has 0 amide bonds. The van der Waals surface area contributed by atoms with Crippen molar-refractivity contribution >= 4 is 34.8 Å². The maximum absolute atomic E-state index is 14.9. The van der Waals surface area contributed by atoms with Crippen LogP contribution in [-0.4, -0.2) is 22.2 Å². The topological polar surface area (TPSA) is 90.9 Å². The molecule has 0 atom stereocenters. The number of para-hydroxylation sites is 1. The standard InChI is InChI=1S/C29H24F2N6/c1-17-6-3-4-9-24(17)37-18(2)25-20(7-5-8-23(25)31)14-22(37)15-34-29-26(28(33)35-16-36-29)27(32)19-10-12-21(30)13-11-19/h3-14,16,32H,2,15H2,1H3,(H3,33,34,35,36). The molecule has 0 saturated carbocycles. The van der Waals surface area contributed by atoms with Crippen LogP contribution in [0.25, 0.3) is 11.8 Å². The minimum absolute atomic E-state index is 0.0609. The first kappa shape index (κ1) is 23.9. The number of aryl methyl sites for hydroxylation is 1. The lowest BCUT2D eigenvalue weighted by molar-refractivity contribution is 0.622. The van der Waals surface area contributed by atoms with Crippen molar-refractivity contribution in [3.63, 3.8) is 0 Å². The molecular weight excluding hydrogens is 470 g/mol. The number of anilines is 3. The van der Waals surface area contributed by atoms with Gasteiger partial charge in [-0.1, -0.05) is 36.9 Å². The second-order valence-corrected chi connectivity index (χ2v) is 8.63. The lowest BCUT2D eigenvalue weighted by Gasteiger charge is -2.35. The first-order valence-corrected chi connectivity index (χ1v) is 11.6. The van der Waals surface area contributed by atoms with E-state index in [0.29, 0.717) is 33.8 Å². The number of fused-ring (bicyclic) bond motifs is 1. The fourth-order valence-corrected chi connectivity index (χ4v) is 4.45. The average Bonchev–Trinajstić information content (AvgIpc) is 2.88. The number of hydrogen-bond acceptors (Lipinski definition) is 6. The third-order valence-corrected chi connectivity index (χ3v) is 6.27. The number of nitrogen functional groups attached to an aromatic ring is 1. The Hall–Kier alpha value is -4.85. The SMILES string of the molecule is C=C1c2c(F)cccc2C=C(CNc2ncnc(N)c2C(=N)c2ccc(F)cc2)N1c1ccccc1C. The lowest BCUT2D eigenvalue weighted by atomic mass is 9.96. The van der Waals surface area contributed by atoms with Gasteiger partial charge in [-0.05, 0) is 60.5 Å². The Morgan fingerprint density at radius 1 is 1.03 bits per heavy atom. The van der Waals surface area contributed by atoms with Gasteiger partial charge in [-0.15, -0.1) is 0 Å². The molecule has 184 valence electrons. The number of nitrogens with zero attached hydrogens (tertiary/aromatic N) is 3. The summed E-state index contributed by atoms with van der Waals surface area (Å²) >= 11 is 0. The minimum atomic E-state index is -0.398. The van der Waals surface area contributed by atoms with Crippen LogP contribution >= 0.6 is 0 Å². The number of aromatic nitrogens is 2. The Bertz CT molecular complexity index is 1560. The normalized spacial score (nSPS) is 12.7. The first-order chi connectivity index (χ1) is 17.8. The van der Waals surface area contributed by atoms with Gasteiger partial charge in [0.15, 0.2) is 0 Å². The zero-order valence-electron chi connectivity index (χ0n) is 20.1. The number of nitrogens with one attached hydrogen (secondary N) is 2. The summed E-state index contributed by atoms with van der Waals surface area (Å²) in [5.41, 5.74) is 11.3. The highest BCUT2D eigenvalue weighted by molar-refractivity contribution is 6.16. The van der Waals surface area contributed by atoms with Gasteiger partial charge < -0.3 is 16.0 Å². The second kappa shape index (κ2) is 9.66. The van der Waals surface area contributed by atoms with Crippen molar-refractivity contribution in [2.45, 2.75) is 6.92 Å². The summed E-state index contributed by atoms with van der Waals surface area (Å²) in [7, 11) is 0. The monoisotopic (exact) mass is 494 g/mol. The van der Waals surface area contributed by atoms with Crippen molar-refractivity contribution in [2.75, 3.05) is 22.5 Å². The van der Waals surface area contributed by atoms with E-state index in [-0.39, 0.29) is 23.9 Å². The number of nitrogens with two attached hydrogens (primary N) is 1. The molecular formula is C29H24F2N6. The maximum atomic E-state index is 14.9. The molecule has 37 heavy (non-hydrogen) atoms. The molecule has 1 aliphatic heterocycles. The summed E-state index contributed by atoms with van der Waals surface area (Å²) in [5, 5.41) is 12.0. The van der Waals surface area contributed by atoms with Crippen molar-refractivity contribution in [3.8, 4) is 0 Å². The molecule has 1 aromatic heterocycles. The van der Waals surface area contributed by atoms with Crippen molar-refractivity contribution in [1.82, 2.24) is 9.97 Å². The van der Waals surface area contributed by atoms with Gasteiger partial charge in [0, 0.05) is 28.2 Å². The maximum Gasteiger partial charge on any atom is 0.141 e. The molecule has 4 aromatic rings. The molecule has 4 N–H and O–H groups in total. The van der Waals surface area contributed by atoms with Crippen LogP contribution < -0.4 is 16.0 Å². The van der Waals surface area contributed by atoms with Crippen molar-refractivity contribution < 1.29 is 8.78 Å². The highest BCUT2D eigenvalue weighted by Crippen LogP contribution is 2.39. The van der Waals surface area contributed by atoms with Crippen LogP contribution in [0.3, 0.4) is 0 Å². The van der Waals surface area contributed by atoms with E-state index in [1.165, 1.54) is 36.7 Å². The first-order valence-electron chi connectivity index (χ1n) is 11.6. The number of benzene rings is 3. The Kier molecular flexibility index (Phi) is 6.23. The van der Waals surface area contributed by atoms with Gasteiger partial charge >= 0.3 is 0 Å². The molecule has 0 radical (unpaired) electrons. The highest BCUT2D eigenvalue weighted by Gasteiger charge is 2.27. The Labute approximate surface area is 213 Å². The fraction of sp³-hybridized carbons (Fsp3) is 0.0690. The van der Waals surface area contributed by atoms with Gasteiger partial charge in [-0.2, -0.15) is 0 Å². The molecule has 0 saturated heterocycles. The predicted octanol–water partition coefficient (Wildman–Crippen LogP) is 6.01. The lowest BCUT2D eigenvalue weighted by Crippen LogP contribution is -2.29. The Morgan fingerprint density at radius 2 is 1.78 bits per heavy atom. The summed E-state index contributed by atoms with van der Waals surface area (Å²) < 4.78 is 28.3. The quantitative estimate of drug-likeness (QED) is 0.286. The number of rotatable bonds is 6. The van der Waals surface area contributed by atoms with Crippen LogP contribution in [0.1, 0.15) is 27.8 Å². The van der Waals surface area contributed by atoms with E-state index < -0.39 is 5.82 Å². The van der Waals surface area contributed by atoms with Crippen LogP contribution in [-0.2, 0) is 0 Å². The van der Waals surface area contributed by atoms with E-state index in [4.69, 9.17) is 11.1 Å². The summed E-state index contributed by atoms with van der Waals surface area (Å²) in [6.45, 7) is 6.49. The van der Waals surface area contributed by atoms with Gasteiger partial charge in [-0.25, -0.2) is 18.7 Å². The van der Waals surface area contributed by atoms with Gasteiger partial charge in [0.05, 0.1) is 17.8 Å². The van der Waals surface area contributed by atoms with E-state index in [0.717, 1.165) is 16.9 Å². The molecule has 8 heteroatoms. The van der Waals surface area contributed by atoms with Crippen molar-refractivity contribution in [3.05, 3.63) is 125 Å². The second-order valence-electron chi connectivity index (χ2n) is 8.63. The fourth-order valence-electron chi connectivity index (χ4n) is 4.45. The van der Waals surface area contributed by atoms with E-state index in [1.807, 2.05) is 48.2 Å². The van der Waals surface area contributed by atoms with E-state index in [1.54, 1.807) is 6.07 Å². The van der Waals surface area contributed by atoms with Crippen molar-refractivity contribution in [1.29, 1.82) is 5.41 Å². The number of halogens is 2. The van der Waals surface area contributed by atoms with E-state index in [2.05, 4.69) is 21.9 Å². The molecule has 0 fully saturated rings. The van der Waals surface area contributed by atoms with Crippen LogP contribution in [0.15, 0.2) is 85.3 Å². The van der Waals surface area contributed by atoms with Crippen LogP contribution in [0, 0.1) is 24.0 Å². The molecule has 0 bridgehead atoms. The zero-order chi connectivity index (χ0) is 26.1. The summed E-state index contributed by atoms with van der Waals surface area (Å²) in [5.74, 6) is -0.271. The average molecular weight is 495 g/mol. The predicted molar refractivity (Wildman–Crippen MR) is 144 cm³/mol. The zero-order valence-corrected chi connectivity index (χ0v) is 20.1. The Balaban J connectivity index is 1.54. The highest BCUT2D eigenvalue weighted by atomic mass is 19.1. The summed E-state index contributed by atoms with van der Waals surface area (Å²) in [6.07, 6.45) is 3.22. The van der Waals surface area contributed by atoms with Gasteiger partial charge in [0.2, 0.25) is 0 Å². The molecule has 6 nitrogen and oxygen atoms in total. The molecule has 0 spiro atoms. The van der Waals surface area contributed by atoms with Crippen LogP contribution in [0.2, 0.25) is 0 Å². The summed E-state index contributed by atoms with van der Waals surface area (Å²) in [4.78, 5) is 10.3. The molecule has 2 heterocycles. The third kappa shape index (κ3) is 4.45. The van der Waals surface area contributed by atoms with Gasteiger partial charge in [0.1, 0.15) is 29.6 Å². The Morgan fingerprint density at radius 3 is 2.54 bits per heavy atom. The van der Waals surface area contributed by atoms with E-state index >= 15 is 0 Å². The van der Waals surface area contributed by atoms with Gasteiger partial charge in [0.25, 0.3) is 0 Å². The van der Waals surface area contributed by atoms with E-state index in [9.17, 15) is 8.78 Å². The molecule has 5 rings (SSSR count). The van der Waals surface area contributed by atoms with Crippen molar-refractivity contribution in [2.24, 2.45) is 0 Å². The smallest absolute Gasteiger partial charge is 0.141 e. The largest absolute Gasteiger partial charge is 0.383 e. The van der Waals surface area contributed by atoms with Crippen LogP contribution in [0.4, 0.5) is 26.1 Å². The molecule has 0 unspecified atom stereocenters. The minimum Gasteiger partial charge on any atom is -0.383 e.